The van der Waals surface area contributed by atoms with Gasteiger partial charge in [-0.05, 0) is 53.3 Å². The summed E-state index contributed by atoms with van der Waals surface area (Å²) in [5, 5.41) is 4.19. The molecule has 30 heavy (non-hydrogen) atoms. The quantitative estimate of drug-likeness (QED) is 0.665. The molecule has 0 spiro atoms. The number of amides is 1. The number of nitrogens with one attached hydrogen (secondary N) is 1. The van der Waals surface area contributed by atoms with E-state index in [0.29, 0.717) is 6.54 Å². The van der Waals surface area contributed by atoms with Crippen LogP contribution in [0.3, 0.4) is 0 Å². The Kier molecular flexibility index (Phi) is 4.33. The van der Waals surface area contributed by atoms with Gasteiger partial charge < -0.3 is 15.1 Å². The van der Waals surface area contributed by atoms with Crippen LogP contribution in [0.2, 0.25) is 5.02 Å². The van der Waals surface area contributed by atoms with Gasteiger partial charge in [-0.2, -0.15) is 0 Å². The minimum atomic E-state index is 0.0616. The lowest BCUT2D eigenvalue weighted by molar-refractivity contribution is 0.1000. The molecule has 3 aliphatic heterocycles. The Morgan fingerprint density at radius 1 is 1.07 bits per heavy atom. The van der Waals surface area contributed by atoms with E-state index < -0.39 is 0 Å². The van der Waals surface area contributed by atoms with Crippen LogP contribution in [0.15, 0.2) is 48.7 Å². The SMILES string of the molecule is O=C1c2sc(-c3ccc(Cl)cc3)cc2CN1c1ccc(N2CC3CNCC3C2)nc1. The summed E-state index contributed by atoms with van der Waals surface area (Å²) in [6.45, 7) is 4.96. The van der Waals surface area contributed by atoms with Crippen LogP contribution in [0.4, 0.5) is 11.5 Å². The monoisotopic (exact) mass is 436 g/mol. The fourth-order valence-electron chi connectivity index (χ4n) is 4.82. The van der Waals surface area contributed by atoms with Gasteiger partial charge in [0.25, 0.3) is 5.91 Å². The first kappa shape index (κ1) is 18.4. The summed E-state index contributed by atoms with van der Waals surface area (Å²) in [5.41, 5.74) is 3.04. The van der Waals surface area contributed by atoms with Gasteiger partial charge in [-0.15, -0.1) is 11.3 Å². The van der Waals surface area contributed by atoms with Crippen molar-refractivity contribution in [2.24, 2.45) is 11.8 Å². The zero-order valence-corrected chi connectivity index (χ0v) is 17.9. The molecule has 2 atom stereocenters. The van der Waals surface area contributed by atoms with Crippen LogP contribution in [0.25, 0.3) is 10.4 Å². The number of hydrogen-bond acceptors (Lipinski definition) is 5. The van der Waals surface area contributed by atoms with Crippen molar-refractivity contribution in [1.29, 1.82) is 0 Å². The molecule has 7 heteroatoms. The third-order valence-electron chi connectivity index (χ3n) is 6.46. The smallest absolute Gasteiger partial charge is 0.269 e. The maximum atomic E-state index is 13.0. The highest BCUT2D eigenvalue weighted by Crippen LogP contribution is 2.39. The zero-order valence-electron chi connectivity index (χ0n) is 16.3. The van der Waals surface area contributed by atoms with Crippen molar-refractivity contribution >= 4 is 40.4 Å². The number of thiophene rings is 1. The lowest BCUT2D eigenvalue weighted by Gasteiger charge is -2.20. The summed E-state index contributed by atoms with van der Waals surface area (Å²) in [6.07, 6.45) is 1.84. The van der Waals surface area contributed by atoms with Crippen LogP contribution >= 0.6 is 22.9 Å². The molecule has 2 unspecified atom stereocenters. The second-order valence-corrected chi connectivity index (χ2v) is 9.81. The summed E-state index contributed by atoms with van der Waals surface area (Å²) in [6, 6.07) is 14.0. The predicted molar refractivity (Wildman–Crippen MR) is 122 cm³/mol. The number of anilines is 2. The standard InChI is InChI=1S/C23H21ClN4OS/c24-18-3-1-14(2-4-18)20-7-15-13-28(23(29)22(15)30-20)19-5-6-21(26-10-19)27-11-16-8-25-9-17(16)12-27/h1-7,10,16-17,25H,8-9,11-13H2. The van der Waals surface area contributed by atoms with E-state index in [2.05, 4.69) is 22.3 Å². The number of carbonyl (C=O) groups is 1. The third kappa shape index (κ3) is 3.02. The van der Waals surface area contributed by atoms with E-state index in [1.807, 2.05) is 41.4 Å². The largest absolute Gasteiger partial charge is 0.356 e. The van der Waals surface area contributed by atoms with Gasteiger partial charge in [-0.25, -0.2) is 4.98 Å². The second kappa shape index (κ2) is 7.08. The Morgan fingerprint density at radius 3 is 2.50 bits per heavy atom. The molecule has 2 saturated heterocycles. The van der Waals surface area contributed by atoms with E-state index in [9.17, 15) is 4.79 Å². The maximum Gasteiger partial charge on any atom is 0.269 e. The lowest BCUT2D eigenvalue weighted by Crippen LogP contribution is -2.26. The van der Waals surface area contributed by atoms with Crippen LogP contribution < -0.4 is 15.1 Å². The molecule has 0 bridgehead atoms. The van der Waals surface area contributed by atoms with E-state index in [-0.39, 0.29) is 5.91 Å². The molecule has 0 radical (unpaired) electrons. The summed E-state index contributed by atoms with van der Waals surface area (Å²) in [7, 11) is 0. The summed E-state index contributed by atoms with van der Waals surface area (Å²) < 4.78 is 0. The molecule has 1 amide bonds. The minimum absolute atomic E-state index is 0.0616. The Bertz CT molecular complexity index is 1100. The number of hydrogen-bond donors (Lipinski definition) is 1. The molecule has 3 aliphatic rings. The van der Waals surface area contributed by atoms with E-state index in [1.165, 1.54) is 0 Å². The summed E-state index contributed by atoms with van der Waals surface area (Å²) in [5.74, 6) is 2.54. The fraction of sp³-hybridized carbons (Fsp3) is 0.304. The molecule has 0 aliphatic carbocycles. The van der Waals surface area contributed by atoms with Gasteiger partial charge in [0.15, 0.2) is 0 Å². The molecule has 1 N–H and O–H groups in total. The Hall–Kier alpha value is -2.41. The van der Waals surface area contributed by atoms with Crippen LogP contribution in [-0.2, 0) is 6.54 Å². The highest BCUT2D eigenvalue weighted by atomic mass is 35.5. The van der Waals surface area contributed by atoms with Crippen molar-refractivity contribution in [2.75, 3.05) is 36.0 Å². The summed E-state index contributed by atoms with van der Waals surface area (Å²) >= 11 is 7.54. The molecule has 2 aromatic heterocycles. The number of aromatic nitrogens is 1. The van der Waals surface area contributed by atoms with Crippen LogP contribution in [0.5, 0.6) is 0 Å². The topological polar surface area (TPSA) is 48.5 Å². The number of rotatable bonds is 3. The fourth-order valence-corrected chi connectivity index (χ4v) is 6.08. The van der Waals surface area contributed by atoms with Gasteiger partial charge in [-0.1, -0.05) is 23.7 Å². The molecule has 1 aromatic carbocycles. The first-order valence-electron chi connectivity index (χ1n) is 10.3. The van der Waals surface area contributed by atoms with Gasteiger partial charge in [0, 0.05) is 36.1 Å². The Morgan fingerprint density at radius 2 is 1.83 bits per heavy atom. The van der Waals surface area contributed by atoms with Gasteiger partial charge in [-0.3, -0.25) is 4.79 Å². The zero-order chi connectivity index (χ0) is 20.2. The van der Waals surface area contributed by atoms with Gasteiger partial charge in [0.2, 0.25) is 0 Å². The van der Waals surface area contributed by atoms with Crippen molar-refractivity contribution < 1.29 is 4.79 Å². The number of fused-ring (bicyclic) bond motifs is 2. The number of carbonyl (C=O) groups excluding carboxylic acids is 1. The molecule has 3 aromatic rings. The minimum Gasteiger partial charge on any atom is -0.356 e. The van der Waals surface area contributed by atoms with E-state index in [4.69, 9.17) is 16.6 Å². The lowest BCUT2D eigenvalue weighted by atomic mass is 10.0. The first-order chi connectivity index (χ1) is 14.7. The van der Waals surface area contributed by atoms with Crippen molar-refractivity contribution in [3.63, 3.8) is 0 Å². The van der Waals surface area contributed by atoms with Crippen molar-refractivity contribution in [3.05, 3.63) is 64.1 Å². The van der Waals surface area contributed by atoms with E-state index in [0.717, 1.165) is 75.4 Å². The number of halogens is 1. The molecule has 6 rings (SSSR count). The van der Waals surface area contributed by atoms with Gasteiger partial charge in [0.05, 0.1) is 23.3 Å². The molecule has 0 saturated carbocycles. The molecule has 5 nitrogen and oxygen atoms in total. The third-order valence-corrected chi connectivity index (χ3v) is 7.93. The molecule has 5 heterocycles. The van der Waals surface area contributed by atoms with Crippen LogP contribution in [-0.4, -0.2) is 37.1 Å². The Labute approximate surface area is 184 Å². The number of pyridine rings is 1. The van der Waals surface area contributed by atoms with Crippen molar-refractivity contribution in [1.82, 2.24) is 10.3 Å². The first-order valence-corrected chi connectivity index (χ1v) is 11.5. The average molecular weight is 437 g/mol. The maximum absolute atomic E-state index is 13.0. The molecule has 152 valence electrons. The van der Waals surface area contributed by atoms with E-state index in [1.54, 1.807) is 11.3 Å². The van der Waals surface area contributed by atoms with Crippen LogP contribution in [0.1, 0.15) is 15.2 Å². The van der Waals surface area contributed by atoms with Gasteiger partial charge >= 0.3 is 0 Å². The predicted octanol–water partition coefficient (Wildman–Crippen LogP) is 4.28. The second-order valence-electron chi connectivity index (χ2n) is 8.32. The van der Waals surface area contributed by atoms with Crippen molar-refractivity contribution in [3.8, 4) is 10.4 Å². The van der Waals surface area contributed by atoms with E-state index >= 15 is 0 Å². The van der Waals surface area contributed by atoms with Crippen LogP contribution in [0, 0.1) is 11.8 Å². The Balaban J connectivity index is 1.19. The molecular weight excluding hydrogens is 416 g/mol. The molecular formula is C23H21ClN4OS. The highest BCUT2D eigenvalue weighted by molar-refractivity contribution is 7.17. The number of benzene rings is 1. The normalized spacial score (nSPS) is 22.6. The average Bonchev–Trinajstić information content (AvgIpc) is 3.50. The summed E-state index contributed by atoms with van der Waals surface area (Å²) in [4.78, 5) is 23.9. The highest BCUT2D eigenvalue weighted by Gasteiger charge is 2.37. The number of nitrogens with zero attached hydrogens (tertiary/aromatic N) is 3. The molecule has 2 fully saturated rings. The van der Waals surface area contributed by atoms with Gasteiger partial charge in [0.1, 0.15) is 5.82 Å². The van der Waals surface area contributed by atoms with Crippen molar-refractivity contribution in [2.45, 2.75) is 6.54 Å².